The van der Waals surface area contributed by atoms with Crippen molar-refractivity contribution in [3.63, 3.8) is 0 Å². The lowest BCUT2D eigenvalue weighted by molar-refractivity contribution is 0.589. The molecule has 52 valence electrons. The predicted molar refractivity (Wildman–Crippen MR) is 40.2 cm³/mol. The zero-order valence-electron chi connectivity index (χ0n) is 6.06. The first-order chi connectivity index (χ1) is 4.29. The second-order valence-corrected chi connectivity index (χ2v) is 2.93. The Hall–Kier alpha value is -0.300. The van der Waals surface area contributed by atoms with E-state index in [1.807, 2.05) is 0 Å². The van der Waals surface area contributed by atoms with Gasteiger partial charge in [-0.15, -0.1) is 0 Å². The van der Waals surface area contributed by atoms with Crippen LogP contribution in [0.3, 0.4) is 0 Å². The van der Waals surface area contributed by atoms with Gasteiger partial charge in [0, 0.05) is 6.04 Å². The Morgan fingerprint density at radius 2 is 2.33 bits per heavy atom. The Morgan fingerprint density at radius 1 is 1.56 bits per heavy atom. The molecule has 0 fully saturated rings. The van der Waals surface area contributed by atoms with Crippen molar-refractivity contribution in [1.82, 2.24) is 0 Å². The van der Waals surface area contributed by atoms with Crippen molar-refractivity contribution in [2.45, 2.75) is 38.6 Å². The molecule has 0 aromatic carbocycles. The summed E-state index contributed by atoms with van der Waals surface area (Å²) in [6.07, 6.45) is 7.07. The first-order valence-electron chi connectivity index (χ1n) is 3.70. The van der Waals surface area contributed by atoms with Gasteiger partial charge in [-0.25, -0.2) is 0 Å². The minimum absolute atomic E-state index is 0.457. The molecule has 0 saturated carbocycles. The highest BCUT2D eigenvalue weighted by molar-refractivity contribution is 5.00. The van der Waals surface area contributed by atoms with Crippen LogP contribution in [0.4, 0.5) is 0 Å². The van der Waals surface area contributed by atoms with Crippen molar-refractivity contribution in [2.24, 2.45) is 5.73 Å². The van der Waals surface area contributed by atoms with Gasteiger partial charge in [0.1, 0.15) is 0 Å². The van der Waals surface area contributed by atoms with Crippen molar-refractivity contribution >= 4 is 0 Å². The fourth-order valence-electron chi connectivity index (χ4n) is 1.20. The van der Waals surface area contributed by atoms with E-state index in [0.29, 0.717) is 6.04 Å². The Labute approximate surface area is 56.9 Å². The van der Waals surface area contributed by atoms with Gasteiger partial charge in [-0.1, -0.05) is 11.6 Å². The molecule has 9 heavy (non-hydrogen) atoms. The fourth-order valence-corrected chi connectivity index (χ4v) is 1.20. The average molecular weight is 125 g/mol. The molecule has 0 spiro atoms. The van der Waals surface area contributed by atoms with Crippen LogP contribution < -0.4 is 5.73 Å². The third-order valence-corrected chi connectivity index (χ3v) is 1.94. The molecule has 1 aliphatic rings. The van der Waals surface area contributed by atoms with Crippen LogP contribution in [0.15, 0.2) is 11.6 Å². The van der Waals surface area contributed by atoms with E-state index in [1.54, 1.807) is 0 Å². The van der Waals surface area contributed by atoms with Crippen molar-refractivity contribution in [3.8, 4) is 0 Å². The van der Waals surface area contributed by atoms with Crippen LogP contribution in [0.5, 0.6) is 0 Å². The molecule has 1 heteroatoms. The summed E-state index contributed by atoms with van der Waals surface area (Å²) in [7, 11) is 0. The highest BCUT2D eigenvalue weighted by Crippen LogP contribution is 2.15. The second kappa shape index (κ2) is 3.02. The standard InChI is InChI=1S/C8H15N/c1-7-3-2-4-8(9)6-5-7/h3,8H,2,4-6,9H2,1H3. The Bertz CT molecular complexity index is 116. The highest BCUT2D eigenvalue weighted by atomic mass is 14.6. The van der Waals surface area contributed by atoms with Gasteiger partial charge in [-0.3, -0.25) is 0 Å². The van der Waals surface area contributed by atoms with E-state index in [4.69, 9.17) is 5.73 Å². The van der Waals surface area contributed by atoms with E-state index in [9.17, 15) is 0 Å². The first kappa shape index (κ1) is 6.81. The number of allylic oxidation sites excluding steroid dienone is 2. The van der Waals surface area contributed by atoms with Crippen LogP contribution in [-0.2, 0) is 0 Å². The van der Waals surface area contributed by atoms with E-state index in [0.717, 1.165) is 0 Å². The van der Waals surface area contributed by atoms with Gasteiger partial charge >= 0.3 is 0 Å². The summed E-state index contributed by atoms with van der Waals surface area (Å²) in [6, 6.07) is 0.457. The summed E-state index contributed by atoms with van der Waals surface area (Å²) in [5, 5.41) is 0. The van der Waals surface area contributed by atoms with Gasteiger partial charge < -0.3 is 5.73 Å². The fraction of sp³-hybridized carbons (Fsp3) is 0.750. The molecule has 0 amide bonds. The molecule has 0 heterocycles. The van der Waals surface area contributed by atoms with Crippen LogP contribution >= 0.6 is 0 Å². The Kier molecular flexibility index (Phi) is 2.29. The molecule has 1 rings (SSSR count). The van der Waals surface area contributed by atoms with Crippen LogP contribution in [0.25, 0.3) is 0 Å². The lowest BCUT2D eigenvalue weighted by Crippen LogP contribution is -2.17. The van der Waals surface area contributed by atoms with Crippen molar-refractivity contribution in [2.75, 3.05) is 0 Å². The molecule has 1 aliphatic carbocycles. The van der Waals surface area contributed by atoms with Crippen molar-refractivity contribution in [3.05, 3.63) is 11.6 Å². The topological polar surface area (TPSA) is 26.0 Å². The summed E-state index contributed by atoms with van der Waals surface area (Å²) < 4.78 is 0. The molecule has 0 bridgehead atoms. The Morgan fingerprint density at radius 3 is 3.11 bits per heavy atom. The molecule has 0 aromatic rings. The maximum Gasteiger partial charge on any atom is 0.00448 e. The zero-order chi connectivity index (χ0) is 6.69. The van der Waals surface area contributed by atoms with Crippen molar-refractivity contribution < 1.29 is 0 Å². The molecule has 1 unspecified atom stereocenters. The molecule has 1 atom stereocenters. The highest BCUT2D eigenvalue weighted by Gasteiger charge is 2.05. The summed E-state index contributed by atoms with van der Waals surface area (Å²) in [6.45, 7) is 2.19. The van der Waals surface area contributed by atoms with Gasteiger partial charge in [0.2, 0.25) is 0 Å². The van der Waals surface area contributed by atoms with E-state index < -0.39 is 0 Å². The number of rotatable bonds is 0. The maximum atomic E-state index is 5.76. The van der Waals surface area contributed by atoms with Crippen LogP contribution in [0.1, 0.15) is 32.6 Å². The minimum atomic E-state index is 0.457. The normalized spacial score (nSPS) is 29.1. The van der Waals surface area contributed by atoms with Gasteiger partial charge in [-0.2, -0.15) is 0 Å². The summed E-state index contributed by atoms with van der Waals surface area (Å²) in [4.78, 5) is 0. The third-order valence-electron chi connectivity index (χ3n) is 1.94. The smallest absolute Gasteiger partial charge is 0.00448 e. The maximum absolute atomic E-state index is 5.76. The summed E-state index contributed by atoms with van der Waals surface area (Å²) >= 11 is 0. The zero-order valence-corrected chi connectivity index (χ0v) is 6.06. The Balaban J connectivity index is 2.39. The van der Waals surface area contributed by atoms with Crippen LogP contribution in [-0.4, -0.2) is 6.04 Å². The van der Waals surface area contributed by atoms with Crippen LogP contribution in [0.2, 0.25) is 0 Å². The number of hydrogen-bond acceptors (Lipinski definition) is 1. The molecule has 1 nitrogen and oxygen atoms in total. The van der Waals surface area contributed by atoms with E-state index in [-0.39, 0.29) is 0 Å². The lowest BCUT2D eigenvalue weighted by atomic mass is 10.1. The van der Waals surface area contributed by atoms with Gasteiger partial charge in [0.15, 0.2) is 0 Å². The molecular weight excluding hydrogens is 110 g/mol. The molecule has 0 aromatic heterocycles. The van der Waals surface area contributed by atoms with E-state index >= 15 is 0 Å². The quantitative estimate of drug-likeness (QED) is 0.491. The largest absolute Gasteiger partial charge is 0.328 e. The molecule has 0 saturated heterocycles. The first-order valence-corrected chi connectivity index (χ1v) is 3.70. The molecule has 0 radical (unpaired) electrons. The predicted octanol–water partition coefficient (Wildman–Crippen LogP) is 1.83. The van der Waals surface area contributed by atoms with Gasteiger partial charge in [-0.05, 0) is 32.6 Å². The summed E-state index contributed by atoms with van der Waals surface area (Å²) in [5.74, 6) is 0. The molecular formula is C8H15N. The lowest BCUT2D eigenvalue weighted by Gasteiger charge is -2.04. The average Bonchev–Trinajstić information content (AvgIpc) is 1.97. The molecule has 2 N–H and O–H groups in total. The number of hydrogen-bond donors (Lipinski definition) is 1. The van der Waals surface area contributed by atoms with Crippen molar-refractivity contribution in [1.29, 1.82) is 0 Å². The molecule has 0 aliphatic heterocycles. The van der Waals surface area contributed by atoms with Gasteiger partial charge in [0.05, 0.1) is 0 Å². The van der Waals surface area contributed by atoms with Crippen LogP contribution in [0, 0.1) is 0 Å². The summed E-state index contributed by atoms with van der Waals surface area (Å²) in [5.41, 5.74) is 7.28. The van der Waals surface area contributed by atoms with Gasteiger partial charge in [0.25, 0.3) is 0 Å². The van der Waals surface area contributed by atoms with E-state index in [1.165, 1.54) is 31.3 Å². The minimum Gasteiger partial charge on any atom is -0.328 e. The SMILES string of the molecule is CC1=CCCC(N)CC1. The monoisotopic (exact) mass is 125 g/mol. The van der Waals surface area contributed by atoms with E-state index in [2.05, 4.69) is 13.0 Å². The second-order valence-electron chi connectivity index (χ2n) is 2.93. The third kappa shape index (κ3) is 2.19. The number of nitrogens with two attached hydrogens (primary N) is 1.